The van der Waals surface area contributed by atoms with Crippen molar-refractivity contribution in [1.82, 2.24) is 5.32 Å². The van der Waals surface area contributed by atoms with Gasteiger partial charge < -0.3 is 15.2 Å². The summed E-state index contributed by atoms with van der Waals surface area (Å²) in [6, 6.07) is -0.146. The van der Waals surface area contributed by atoms with Crippen molar-refractivity contribution in [3.63, 3.8) is 0 Å². The summed E-state index contributed by atoms with van der Waals surface area (Å²) >= 11 is 0. The van der Waals surface area contributed by atoms with Gasteiger partial charge in [-0.1, -0.05) is 11.6 Å². The van der Waals surface area contributed by atoms with Gasteiger partial charge in [0.15, 0.2) is 0 Å². The van der Waals surface area contributed by atoms with Gasteiger partial charge >= 0.3 is 6.09 Å². The molecule has 4 nitrogen and oxygen atoms in total. The SMILES string of the molecule is C/C(=C\C(C)NC(=O)OC(C)(C)C)CO. The molecule has 0 heterocycles. The quantitative estimate of drug-likeness (QED) is 0.706. The molecular formula is C11H21NO3. The van der Waals surface area contributed by atoms with E-state index in [-0.39, 0.29) is 12.6 Å². The van der Waals surface area contributed by atoms with E-state index >= 15 is 0 Å². The predicted octanol–water partition coefficient (Wildman–Crippen LogP) is 1.84. The van der Waals surface area contributed by atoms with Crippen LogP contribution in [0.5, 0.6) is 0 Å². The van der Waals surface area contributed by atoms with Gasteiger partial charge in [-0.15, -0.1) is 0 Å². The van der Waals surface area contributed by atoms with Gasteiger partial charge in [0, 0.05) is 6.04 Å². The second kappa shape index (κ2) is 5.75. The summed E-state index contributed by atoms with van der Waals surface area (Å²) in [5, 5.41) is 11.4. The predicted molar refractivity (Wildman–Crippen MR) is 59.7 cm³/mol. The number of carbonyl (C=O) groups excluding carboxylic acids is 1. The van der Waals surface area contributed by atoms with E-state index < -0.39 is 11.7 Å². The van der Waals surface area contributed by atoms with Crippen LogP contribution >= 0.6 is 0 Å². The van der Waals surface area contributed by atoms with E-state index in [1.165, 1.54) is 0 Å². The van der Waals surface area contributed by atoms with Crippen molar-refractivity contribution in [1.29, 1.82) is 0 Å². The van der Waals surface area contributed by atoms with Gasteiger partial charge in [0.1, 0.15) is 5.60 Å². The van der Waals surface area contributed by atoms with Crippen LogP contribution in [0.3, 0.4) is 0 Å². The Balaban J connectivity index is 4.08. The smallest absolute Gasteiger partial charge is 0.408 e. The van der Waals surface area contributed by atoms with E-state index in [4.69, 9.17) is 9.84 Å². The lowest BCUT2D eigenvalue weighted by Gasteiger charge is -2.21. The largest absolute Gasteiger partial charge is 0.444 e. The van der Waals surface area contributed by atoms with Crippen molar-refractivity contribution in [3.05, 3.63) is 11.6 Å². The molecule has 0 aliphatic heterocycles. The average Bonchev–Trinajstić information content (AvgIpc) is 1.99. The first-order valence-corrected chi connectivity index (χ1v) is 5.02. The molecule has 2 N–H and O–H groups in total. The first-order valence-electron chi connectivity index (χ1n) is 5.02. The Morgan fingerprint density at radius 2 is 2.07 bits per heavy atom. The monoisotopic (exact) mass is 215 g/mol. The Bertz CT molecular complexity index is 241. The van der Waals surface area contributed by atoms with Crippen LogP contribution in [0.25, 0.3) is 0 Å². The molecule has 0 aliphatic carbocycles. The number of rotatable bonds is 3. The number of aliphatic hydroxyl groups excluding tert-OH is 1. The van der Waals surface area contributed by atoms with E-state index in [0.29, 0.717) is 0 Å². The molecule has 0 saturated heterocycles. The molecule has 0 saturated carbocycles. The minimum absolute atomic E-state index is 0.000336. The molecule has 15 heavy (non-hydrogen) atoms. The Hall–Kier alpha value is -1.03. The van der Waals surface area contributed by atoms with E-state index in [1.54, 1.807) is 13.0 Å². The third-order valence-electron chi connectivity index (χ3n) is 1.53. The molecule has 1 unspecified atom stereocenters. The van der Waals surface area contributed by atoms with E-state index in [2.05, 4.69) is 5.32 Å². The maximum absolute atomic E-state index is 11.3. The molecule has 0 aromatic heterocycles. The number of nitrogens with one attached hydrogen (secondary N) is 1. The number of carbonyl (C=O) groups is 1. The van der Waals surface area contributed by atoms with Crippen molar-refractivity contribution < 1.29 is 14.6 Å². The fourth-order valence-corrected chi connectivity index (χ4v) is 1.01. The summed E-state index contributed by atoms with van der Waals surface area (Å²) in [6.45, 7) is 9.06. The molecule has 0 aliphatic rings. The van der Waals surface area contributed by atoms with Gasteiger partial charge in [-0.25, -0.2) is 4.79 Å². The van der Waals surface area contributed by atoms with E-state index in [9.17, 15) is 4.79 Å². The van der Waals surface area contributed by atoms with Gasteiger partial charge in [0.05, 0.1) is 6.61 Å². The molecule has 0 spiro atoms. The Labute approximate surface area is 91.3 Å². The topological polar surface area (TPSA) is 58.6 Å². The van der Waals surface area contributed by atoms with Gasteiger partial charge in [-0.05, 0) is 34.6 Å². The van der Waals surface area contributed by atoms with Crippen LogP contribution in [0.2, 0.25) is 0 Å². The fraction of sp³-hybridized carbons (Fsp3) is 0.727. The minimum Gasteiger partial charge on any atom is -0.444 e. The van der Waals surface area contributed by atoms with E-state index in [1.807, 2.05) is 27.7 Å². The van der Waals surface area contributed by atoms with Gasteiger partial charge in [-0.2, -0.15) is 0 Å². The first-order chi connectivity index (χ1) is 6.74. The highest BCUT2D eigenvalue weighted by Gasteiger charge is 2.16. The van der Waals surface area contributed by atoms with E-state index in [0.717, 1.165) is 5.57 Å². The van der Waals surface area contributed by atoms with Crippen LogP contribution in [0.15, 0.2) is 11.6 Å². The van der Waals surface area contributed by atoms with Crippen molar-refractivity contribution >= 4 is 6.09 Å². The average molecular weight is 215 g/mol. The van der Waals surface area contributed by atoms with Gasteiger partial charge in [0.2, 0.25) is 0 Å². The van der Waals surface area contributed by atoms with Crippen LogP contribution < -0.4 is 5.32 Å². The molecule has 88 valence electrons. The standard InChI is InChI=1S/C11H21NO3/c1-8(7-13)6-9(2)12-10(14)15-11(3,4)5/h6,9,13H,7H2,1-5H3,(H,12,14)/b8-6+. The summed E-state index contributed by atoms with van der Waals surface area (Å²) in [6.07, 6.45) is 1.33. The molecule has 0 rings (SSSR count). The molecule has 4 heteroatoms. The maximum Gasteiger partial charge on any atom is 0.408 e. The molecule has 0 aromatic carbocycles. The zero-order valence-corrected chi connectivity index (χ0v) is 10.1. The lowest BCUT2D eigenvalue weighted by molar-refractivity contribution is 0.0517. The van der Waals surface area contributed by atoms with Gasteiger partial charge in [0.25, 0.3) is 0 Å². The Morgan fingerprint density at radius 1 is 1.53 bits per heavy atom. The van der Waals surface area contributed by atoms with Crippen LogP contribution in [0, 0.1) is 0 Å². The zero-order valence-electron chi connectivity index (χ0n) is 10.1. The number of amides is 1. The Morgan fingerprint density at radius 3 is 2.47 bits per heavy atom. The fourth-order valence-electron chi connectivity index (χ4n) is 1.01. The summed E-state index contributed by atoms with van der Waals surface area (Å²) in [5.41, 5.74) is 0.332. The highest BCUT2D eigenvalue weighted by molar-refractivity contribution is 5.68. The lowest BCUT2D eigenvalue weighted by atomic mass is 10.2. The second-order valence-electron chi connectivity index (χ2n) is 4.61. The second-order valence-corrected chi connectivity index (χ2v) is 4.61. The van der Waals surface area contributed by atoms with Crippen molar-refractivity contribution in [2.75, 3.05) is 6.61 Å². The number of hydrogen-bond donors (Lipinski definition) is 2. The normalized spacial score (nSPS) is 14.7. The van der Waals surface area contributed by atoms with Crippen LogP contribution in [0.4, 0.5) is 4.79 Å². The third-order valence-corrected chi connectivity index (χ3v) is 1.53. The molecule has 0 fully saturated rings. The summed E-state index contributed by atoms with van der Waals surface area (Å²) in [7, 11) is 0. The van der Waals surface area contributed by atoms with Crippen molar-refractivity contribution in [3.8, 4) is 0 Å². The van der Waals surface area contributed by atoms with Gasteiger partial charge in [-0.3, -0.25) is 0 Å². The number of ether oxygens (including phenoxy) is 1. The summed E-state index contributed by atoms with van der Waals surface area (Å²) in [4.78, 5) is 11.3. The Kier molecular flexibility index (Phi) is 5.36. The van der Waals surface area contributed by atoms with Crippen LogP contribution in [0.1, 0.15) is 34.6 Å². The highest BCUT2D eigenvalue weighted by atomic mass is 16.6. The third kappa shape index (κ3) is 8.00. The maximum atomic E-state index is 11.3. The summed E-state index contributed by atoms with van der Waals surface area (Å²) in [5.74, 6) is 0. The number of alkyl carbamates (subject to hydrolysis) is 1. The van der Waals surface area contributed by atoms with Crippen molar-refractivity contribution in [2.45, 2.75) is 46.3 Å². The molecule has 1 atom stereocenters. The molecular weight excluding hydrogens is 194 g/mol. The zero-order chi connectivity index (χ0) is 12.1. The highest BCUT2D eigenvalue weighted by Crippen LogP contribution is 2.07. The van der Waals surface area contributed by atoms with Crippen LogP contribution in [-0.2, 0) is 4.74 Å². The number of hydrogen-bond acceptors (Lipinski definition) is 3. The number of aliphatic hydroxyl groups is 1. The molecule has 0 aromatic rings. The summed E-state index contributed by atoms with van der Waals surface area (Å²) < 4.78 is 5.08. The molecule has 0 bridgehead atoms. The minimum atomic E-state index is -0.487. The first kappa shape index (κ1) is 14.0. The lowest BCUT2D eigenvalue weighted by Crippen LogP contribution is -2.37. The van der Waals surface area contributed by atoms with Crippen LogP contribution in [-0.4, -0.2) is 29.4 Å². The van der Waals surface area contributed by atoms with Crippen molar-refractivity contribution in [2.24, 2.45) is 0 Å². The molecule has 1 amide bonds. The molecule has 0 radical (unpaired) electrons.